The van der Waals surface area contributed by atoms with E-state index in [0.29, 0.717) is 29.4 Å². The van der Waals surface area contributed by atoms with Crippen LogP contribution in [0.25, 0.3) is 11.3 Å². The number of carbonyl (C=O) groups is 1. The molecule has 25 heavy (non-hydrogen) atoms. The summed E-state index contributed by atoms with van der Waals surface area (Å²) in [5.41, 5.74) is 2.23. The normalized spacial score (nSPS) is 12.1. The van der Waals surface area contributed by atoms with Crippen LogP contribution < -0.4 is 0 Å². The lowest BCUT2D eigenvalue weighted by Gasteiger charge is -2.18. The summed E-state index contributed by atoms with van der Waals surface area (Å²) in [6, 6.07) is 10.9. The van der Waals surface area contributed by atoms with Crippen LogP contribution in [0.4, 0.5) is 0 Å². The highest BCUT2D eigenvalue weighted by Gasteiger charge is 2.18. The molecule has 0 saturated heterocycles. The van der Waals surface area contributed by atoms with Crippen molar-refractivity contribution in [3.05, 3.63) is 64.4 Å². The zero-order chi connectivity index (χ0) is 17.8. The second-order valence-electron chi connectivity index (χ2n) is 5.55. The number of carbonyl (C=O) groups excluding carboxylic acids is 1. The molecule has 0 fully saturated rings. The lowest BCUT2D eigenvalue weighted by molar-refractivity contribution is 0.0773. The van der Waals surface area contributed by atoms with E-state index in [2.05, 4.69) is 4.98 Å². The number of hydrogen-bond donors (Lipinski definition) is 1. The molecule has 130 valence electrons. The Morgan fingerprint density at radius 3 is 2.76 bits per heavy atom. The second kappa shape index (κ2) is 7.63. The maximum atomic E-state index is 12.5. The number of rotatable bonds is 6. The summed E-state index contributed by atoms with van der Waals surface area (Å²) in [6.07, 6.45) is 0.643. The van der Waals surface area contributed by atoms with E-state index >= 15 is 0 Å². The van der Waals surface area contributed by atoms with E-state index < -0.39 is 6.10 Å². The van der Waals surface area contributed by atoms with Crippen molar-refractivity contribution in [2.24, 2.45) is 0 Å². The monoisotopic (exact) mass is 356 g/mol. The summed E-state index contributed by atoms with van der Waals surface area (Å²) in [5, 5.41) is 12.8. The van der Waals surface area contributed by atoms with Crippen molar-refractivity contribution in [1.29, 1.82) is 0 Å². The van der Waals surface area contributed by atoms with E-state index in [0.717, 1.165) is 11.3 Å². The number of hydrogen-bond acceptors (Lipinski definition) is 5. The molecule has 0 aliphatic carbocycles. The molecule has 1 N–H and O–H groups in total. The molecule has 1 atom stereocenters. The van der Waals surface area contributed by atoms with Crippen molar-refractivity contribution in [3.63, 3.8) is 0 Å². The molecule has 6 heteroatoms. The van der Waals surface area contributed by atoms with Crippen LogP contribution in [0.2, 0.25) is 0 Å². The first-order valence-electron chi connectivity index (χ1n) is 8.20. The predicted molar refractivity (Wildman–Crippen MR) is 97.6 cm³/mol. The first-order valence-corrected chi connectivity index (χ1v) is 9.08. The van der Waals surface area contributed by atoms with Crippen LogP contribution in [0.3, 0.4) is 0 Å². The molecule has 0 radical (unpaired) electrons. The standard InChI is InChI=1S/C19H20N2O3S/c1-3-21(4-2)19(23)14-8-5-7-13(11-14)15-12-25-18(20-15)17(22)16-9-6-10-24-16/h5-12,17,22H,3-4H2,1-2H3. The minimum atomic E-state index is -0.880. The third-order valence-electron chi connectivity index (χ3n) is 4.02. The summed E-state index contributed by atoms with van der Waals surface area (Å²) >= 11 is 1.36. The fourth-order valence-electron chi connectivity index (χ4n) is 2.62. The van der Waals surface area contributed by atoms with Gasteiger partial charge in [-0.1, -0.05) is 12.1 Å². The van der Waals surface area contributed by atoms with Gasteiger partial charge in [-0.2, -0.15) is 0 Å². The Bertz CT molecular complexity index is 838. The molecule has 3 aromatic rings. The first-order chi connectivity index (χ1) is 12.1. The maximum Gasteiger partial charge on any atom is 0.253 e. The molecule has 0 spiro atoms. The first kappa shape index (κ1) is 17.4. The number of furan rings is 1. The minimum absolute atomic E-state index is 0.0120. The quantitative estimate of drug-likeness (QED) is 0.726. The topological polar surface area (TPSA) is 66.6 Å². The molecule has 0 aliphatic heterocycles. The van der Waals surface area contributed by atoms with Gasteiger partial charge in [0.05, 0.1) is 12.0 Å². The Morgan fingerprint density at radius 2 is 2.08 bits per heavy atom. The Balaban J connectivity index is 1.86. The third kappa shape index (κ3) is 3.65. The molecule has 2 heterocycles. The molecular weight excluding hydrogens is 336 g/mol. The van der Waals surface area contributed by atoms with Gasteiger partial charge in [0.1, 0.15) is 10.8 Å². The van der Waals surface area contributed by atoms with Gasteiger partial charge in [0.25, 0.3) is 5.91 Å². The van der Waals surface area contributed by atoms with Crippen LogP contribution in [-0.4, -0.2) is 34.0 Å². The molecule has 3 rings (SSSR count). The van der Waals surface area contributed by atoms with Crippen molar-refractivity contribution in [1.82, 2.24) is 9.88 Å². The van der Waals surface area contributed by atoms with Crippen LogP contribution >= 0.6 is 11.3 Å². The predicted octanol–water partition coefficient (Wildman–Crippen LogP) is 3.97. The smallest absolute Gasteiger partial charge is 0.253 e. The fraction of sp³-hybridized carbons (Fsp3) is 0.263. The highest BCUT2D eigenvalue weighted by atomic mass is 32.1. The number of aliphatic hydroxyl groups is 1. The highest BCUT2D eigenvalue weighted by molar-refractivity contribution is 7.10. The second-order valence-corrected chi connectivity index (χ2v) is 6.44. The molecule has 0 bridgehead atoms. The number of nitrogens with zero attached hydrogens (tertiary/aromatic N) is 2. The van der Waals surface area contributed by atoms with E-state index in [1.807, 2.05) is 43.5 Å². The summed E-state index contributed by atoms with van der Waals surface area (Å²) in [5.74, 6) is 0.476. The lowest BCUT2D eigenvalue weighted by atomic mass is 10.1. The molecule has 1 aromatic carbocycles. The van der Waals surface area contributed by atoms with Crippen molar-refractivity contribution in [3.8, 4) is 11.3 Å². The zero-order valence-corrected chi connectivity index (χ0v) is 15.0. The van der Waals surface area contributed by atoms with Gasteiger partial charge in [-0.05, 0) is 38.1 Å². The van der Waals surface area contributed by atoms with Crippen molar-refractivity contribution < 1.29 is 14.3 Å². The Kier molecular flexibility index (Phi) is 5.31. The van der Waals surface area contributed by atoms with Crippen LogP contribution in [0.1, 0.15) is 41.1 Å². The van der Waals surface area contributed by atoms with E-state index in [9.17, 15) is 9.90 Å². The molecule has 2 aromatic heterocycles. The number of thiazole rings is 1. The van der Waals surface area contributed by atoms with Gasteiger partial charge in [-0.25, -0.2) is 4.98 Å². The van der Waals surface area contributed by atoms with Crippen molar-refractivity contribution in [2.45, 2.75) is 20.0 Å². The number of aliphatic hydroxyl groups excluding tert-OH is 1. The van der Waals surface area contributed by atoms with Crippen LogP contribution in [0, 0.1) is 0 Å². The van der Waals surface area contributed by atoms with Crippen LogP contribution in [0.15, 0.2) is 52.5 Å². The van der Waals surface area contributed by atoms with Gasteiger partial charge >= 0.3 is 0 Å². The molecule has 0 saturated carbocycles. The number of aromatic nitrogens is 1. The van der Waals surface area contributed by atoms with E-state index in [4.69, 9.17) is 4.42 Å². The molecular formula is C19H20N2O3S. The average Bonchev–Trinajstić information content (AvgIpc) is 3.34. The third-order valence-corrected chi connectivity index (χ3v) is 4.92. The minimum Gasteiger partial charge on any atom is -0.466 e. The molecule has 0 aliphatic rings. The van der Waals surface area contributed by atoms with Gasteiger partial charge < -0.3 is 14.4 Å². The summed E-state index contributed by atoms with van der Waals surface area (Å²) < 4.78 is 5.23. The largest absolute Gasteiger partial charge is 0.466 e. The Morgan fingerprint density at radius 1 is 1.28 bits per heavy atom. The Hall–Kier alpha value is -2.44. The van der Waals surface area contributed by atoms with Gasteiger partial charge in [0.2, 0.25) is 0 Å². The Labute approximate surface area is 150 Å². The fourth-order valence-corrected chi connectivity index (χ4v) is 3.44. The van der Waals surface area contributed by atoms with Gasteiger partial charge in [0, 0.05) is 29.6 Å². The van der Waals surface area contributed by atoms with Crippen LogP contribution in [-0.2, 0) is 0 Å². The zero-order valence-electron chi connectivity index (χ0n) is 14.2. The summed E-state index contributed by atoms with van der Waals surface area (Å²) in [6.45, 7) is 5.29. The van der Waals surface area contributed by atoms with E-state index in [-0.39, 0.29) is 5.91 Å². The van der Waals surface area contributed by atoms with E-state index in [1.54, 1.807) is 17.0 Å². The van der Waals surface area contributed by atoms with Gasteiger partial charge in [-0.15, -0.1) is 11.3 Å². The molecule has 5 nitrogen and oxygen atoms in total. The van der Waals surface area contributed by atoms with Crippen molar-refractivity contribution in [2.75, 3.05) is 13.1 Å². The summed E-state index contributed by atoms with van der Waals surface area (Å²) in [4.78, 5) is 18.8. The van der Waals surface area contributed by atoms with E-state index in [1.165, 1.54) is 17.6 Å². The van der Waals surface area contributed by atoms with Gasteiger partial charge in [-0.3, -0.25) is 4.79 Å². The van der Waals surface area contributed by atoms with Crippen LogP contribution in [0.5, 0.6) is 0 Å². The number of benzene rings is 1. The number of amides is 1. The highest BCUT2D eigenvalue weighted by Crippen LogP contribution is 2.29. The maximum absolute atomic E-state index is 12.5. The van der Waals surface area contributed by atoms with Gasteiger partial charge in [0.15, 0.2) is 6.10 Å². The molecule has 1 amide bonds. The lowest BCUT2D eigenvalue weighted by Crippen LogP contribution is -2.30. The molecule has 1 unspecified atom stereocenters. The average molecular weight is 356 g/mol. The van der Waals surface area contributed by atoms with Crippen molar-refractivity contribution >= 4 is 17.2 Å². The summed E-state index contributed by atoms with van der Waals surface area (Å²) in [7, 11) is 0. The SMILES string of the molecule is CCN(CC)C(=O)c1cccc(-c2csc(C(O)c3ccco3)n2)c1.